The lowest BCUT2D eigenvalue weighted by Crippen LogP contribution is -2.22. The van der Waals surface area contributed by atoms with E-state index in [4.69, 9.17) is 9.47 Å². The van der Waals surface area contributed by atoms with Gasteiger partial charge < -0.3 is 14.8 Å². The number of ether oxygens (including phenoxy) is 2. The summed E-state index contributed by atoms with van der Waals surface area (Å²) in [7, 11) is 2.10. The van der Waals surface area contributed by atoms with Crippen LogP contribution in [0.25, 0.3) is 0 Å². The lowest BCUT2D eigenvalue weighted by atomic mass is 10.1. The average Bonchev–Trinajstić information content (AvgIpc) is 2.59. The van der Waals surface area contributed by atoms with Crippen LogP contribution in [0.5, 0.6) is 11.5 Å². The summed E-state index contributed by atoms with van der Waals surface area (Å²) in [5.74, 6) is 1.08. The van der Waals surface area contributed by atoms with Crippen molar-refractivity contribution in [3.05, 3.63) is 53.6 Å². The van der Waals surface area contributed by atoms with E-state index in [1.165, 1.54) is 0 Å². The first-order valence-electron chi connectivity index (χ1n) is 6.97. The topological polar surface area (TPSA) is 64.6 Å². The quantitative estimate of drug-likeness (QED) is 0.881. The van der Waals surface area contributed by atoms with Gasteiger partial charge in [0.05, 0.1) is 14.2 Å². The van der Waals surface area contributed by atoms with Gasteiger partial charge >= 0.3 is 0 Å². The summed E-state index contributed by atoms with van der Waals surface area (Å²) >= 11 is 0. The van der Waals surface area contributed by atoms with Gasteiger partial charge in [0.1, 0.15) is 0 Å². The number of benzene rings is 2. The highest BCUT2D eigenvalue weighted by Gasteiger charge is 2.08. The largest absolute Gasteiger partial charge is 0.493 e. The van der Waals surface area contributed by atoms with Gasteiger partial charge in [0.15, 0.2) is 11.5 Å². The molecule has 2 aromatic carbocycles. The summed E-state index contributed by atoms with van der Waals surface area (Å²) in [5.41, 5.74) is 1.43. The van der Waals surface area contributed by atoms with Gasteiger partial charge in [-0.1, -0.05) is 6.07 Å². The van der Waals surface area contributed by atoms with Crippen LogP contribution >= 0.6 is 0 Å². The molecule has 0 saturated heterocycles. The van der Waals surface area contributed by atoms with E-state index in [-0.39, 0.29) is 5.91 Å². The molecule has 1 atom stereocenters. The maximum Gasteiger partial charge on any atom is 0.251 e. The van der Waals surface area contributed by atoms with Crippen LogP contribution in [0, 0.1) is 0 Å². The van der Waals surface area contributed by atoms with Crippen molar-refractivity contribution >= 4 is 16.7 Å². The molecule has 0 fully saturated rings. The van der Waals surface area contributed by atoms with Gasteiger partial charge in [-0.25, -0.2) is 0 Å². The normalized spacial score (nSPS) is 11.6. The van der Waals surface area contributed by atoms with E-state index >= 15 is 0 Å². The summed E-state index contributed by atoms with van der Waals surface area (Å²) in [6.07, 6.45) is 1.60. The zero-order valence-corrected chi connectivity index (χ0v) is 14.1. The molecule has 23 heavy (non-hydrogen) atoms. The molecule has 5 nitrogen and oxygen atoms in total. The molecule has 1 amide bonds. The van der Waals surface area contributed by atoms with Crippen LogP contribution in [0.4, 0.5) is 0 Å². The highest BCUT2D eigenvalue weighted by atomic mass is 32.2. The third kappa shape index (κ3) is 4.32. The van der Waals surface area contributed by atoms with Gasteiger partial charge in [0.2, 0.25) is 0 Å². The standard InChI is InChI=1S/C17H19NO4S/c1-21-15-9-4-12(10-16(15)22-2)11-18-17(19)13-5-7-14(8-6-13)23(3)20/h4-10H,11H2,1-3H3,(H,18,19). The van der Waals surface area contributed by atoms with Gasteiger partial charge in [-0.15, -0.1) is 0 Å². The van der Waals surface area contributed by atoms with E-state index in [1.54, 1.807) is 50.8 Å². The van der Waals surface area contributed by atoms with Crippen molar-refractivity contribution < 1.29 is 18.5 Å². The highest BCUT2D eigenvalue weighted by Crippen LogP contribution is 2.27. The number of carbonyl (C=O) groups is 1. The van der Waals surface area contributed by atoms with Gasteiger partial charge in [0.25, 0.3) is 5.91 Å². The number of amides is 1. The Hall–Kier alpha value is -2.34. The van der Waals surface area contributed by atoms with Crippen molar-refractivity contribution in [3.8, 4) is 11.5 Å². The minimum absolute atomic E-state index is 0.187. The molecule has 1 unspecified atom stereocenters. The van der Waals surface area contributed by atoms with E-state index in [0.29, 0.717) is 28.5 Å². The Bertz CT molecular complexity index is 713. The third-order valence-corrected chi connectivity index (χ3v) is 4.29. The van der Waals surface area contributed by atoms with Crippen molar-refractivity contribution in [2.24, 2.45) is 0 Å². The van der Waals surface area contributed by atoms with E-state index in [2.05, 4.69) is 5.32 Å². The van der Waals surface area contributed by atoms with Crippen LogP contribution in [-0.2, 0) is 17.3 Å². The first-order valence-corrected chi connectivity index (χ1v) is 8.53. The molecule has 0 saturated carbocycles. The predicted molar refractivity (Wildman–Crippen MR) is 89.5 cm³/mol. The molecule has 2 aromatic rings. The average molecular weight is 333 g/mol. The van der Waals surface area contributed by atoms with Gasteiger partial charge in [0, 0.05) is 34.1 Å². The lowest BCUT2D eigenvalue weighted by Gasteiger charge is -2.10. The first kappa shape index (κ1) is 17.0. The van der Waals surface area contributed by atoms with Crippen LogP contribution in [0.15, 0.2) is 47.4 Å². The number of rotatable bonds is 6. The number of methoxy groups -OCH3 is 2. The molecule has 1 N–H and O–H groups in total. The lowest BCUT2D eigenvalue weighted by molar-refractivity contribution is 0.0951. The van der Waals surface area contributed by atoms with Crippen LogP contribution in [0.2, 0.25) is 0 Å². The second kappa shape index (κ2) is 7.78. The molecular formula is C17H19NO4S. The molecule has 0 aliphatic heterocycles. The smallest absolute Gasteiger partial charge is 0.251 e. The Labute approximate surface area is 138 Å². The number of hydrogen-bond donors (Lipinski definition) is 1. The van der Waals surface area contributed by atoms with Crippen molar-refractivity contribution in [2.45, 2.75) is 11.4 Å². The zero-order valence-electron chi connectivity index (χ0n) is 13.3. The maximum atomic E-state index is 12.1. The molecule has 0 aromatic heterocycles. The van der Waals surface area contributed by atoms with Crippen LogP contribution in [0.1, 0.15) is 15.9 Å². The van der Waals surface area contributed by atoms with E-state index in [9.17, 15) is 9.00 Å². The molecule has 0 radical (unpaired) electrons. The number of hydrogen-bond acceptors (Lipinski definition) is 4. The minimum Gasteiger partial charge on any atom is -0.493 e. The molecule has 2 rings (SSSR count). The van der Waals surface area contributed by atoms with Crippen LogP contribution < -0.4 is 14.8 Å². The van der Waals surface area contributed by atoms with Crippen molar-refractivity contribution in [1.82, 2.24) is 5.32 Å². The Morgan fingerprint density at radius 3 is 2.26 bits per heavy atom. The molecule has 0 heterocycles. The Kier molecular flexibility index (Phi) is 5.76. The van der Waals surface area contributed by atoms with Crippen LogP contribution in [-0.4, -0.2) is 30.6 Å². The molecular weight excluding hydrogens is 314 g/mol. The fourth-order valence-electron chi connectivity index (χ4n) is 2.07. The van der Waals surface area contributed by atoms with E-state index in [1.807, 2.05) is 12.1 Å². The second-order valence-electron chi connectivity index (χ2n) is 4.85. The van der Waals surface area contributed by atoms with E-state index < -0.39 is 10.8 Å². The first-order chi connectivity index (χ1) is 11.0. The van der Waals surface area contributed by atoms with Crippen molar-refractivity contribution in [1.29, 1.82) is 0 Å². The Balaban J connectivity index is 2.02. The van der Waals surface area contributed by atoms with Crippen molar-refractivity contribution in [2.75, 3.05) is 20.5 Å². The summed E-state index contributed by atoms with van der Waals surface area (Å²) in [6, 6.07) is 12.2. The number of carbonyl (C=O) groups excluding carboxylic acids is 1. The Morgan fingerprint density at radius 1 is 1.04 bits per heavy atom. The molecule has 0 spiro atoms. The van der Waals surface area contributed by atoms with E-state index in [0.717, 1.165) is 5.56 Å². The second-order valence-corrected chi connectivity index (χ2v) is 6.23. The zero-order chi connectivity index (χ0) is 16.8. The number of nitrogens with one attached hydrogen (secondary N) is 1. The molecule has 6 heteroatoms. The van der Waals surface area contributed by atoms with Gasteiger partial charge in [-0.2, -0.15) is 0 Å². The predicted octanol–water partition coefficient (Wildman–Crippen LogP) is 2.37. The summed E-state index contributed by atoms with van der Waals surface area (Å²) in [4.78, 5) is 12.8. The SMILES string of the molecule is COc1ccc(CNC(=O)c2ccc(S(C)=O)cc2)cc1OC. The minimum atomic E-state index is -1.05. The molecule has 0 bridgehead atoms. The molecule has 0 aliphatic rings. The highest BCUT2D eigenvalue weighted by molar-refractivity contribution is 7.84. The molecule has 0 aliphatic carbocycles. The monoisotopic (exact) mass is 333 g/mol. The fourth-order valence-corrected chi connectivity index (χ4v) is 2.59. The maximum absolute atomic E-state index is 12.1. The van der Waals surface area contributed by atoms with Crippen LogP contribution in [0.3, 0.4) is 0 Å². The Morgan fingerprint density at radius 2 is 1.70 bits per heavy atom. The van der Waals surface area contributed by atoms with Gasteiger partial charge in [-0.3, -0.25) is 9.00 Å². The van der Waals surface area contributed by atoms with Gasteiger partial charge in [-0.05, 0) is 42.0 Å². The summed E-state index contributed by atoms with van der Waals surface area (Å²) in [6.45, 7) is 0.376. The van der Waals surface area contributed by atoms with Crippen molar-refractivity contribution in [3.63, 3.8) is 0 Å². The molecule has 122 valence electrons. The summed E-state index contributed by atoms with van der Waals surface area (Å²) in [5, 5.41) is 2.84. The fraction of sp³-hybridized carbons (Fsp3) is 0.235. The third-order valence-electron chi connectivity index (χ3n) is 3.35. The summed E-state index contributed by atoms with van der Waals surface area (Å²) < 4.78 is 21.8.